The Morgan fingerprint density at radius 1 is 1.10 bits per heavy atom. The standard InChI is InChI=1S/C17H20ClNO/c1-4-20-17-8-6-14(10-15(17)18)11-19-16-7-5-12(2)9-13(16)3/h5-10,19H,4,11H2,1-3H3. The molecule has 0 spiro atoms. The predicted octanol–water partition coefficient (Wildman–Crippen LogP) is 4.97. The molecule has 0 aliphatic heterocycles. The van der Waals surface area contributed by atoms with E-state index < -0.39 is 0 Å². The van der Waals surface area contributed by atoms with Crippen LogP contribution in [0.1, 0.15) is 23.6 Å². The molecule has 2 rings (SSSR count). The van der Waals surface area contributed by atoms with Crippen LogP contribution in [0.5, 0.6) is 5.75 Å². The van der Waals surface area contributed by atoms with Crippen LogP contribution in [0.2, 0.25) is 5.02 Å². The van der Waals surface area contributed by atoms with Gasteiger partial charge in [-0.05, 0) is 50.1 Å². The van der Waals surface area contributed by atoms with Crippen LogP contribution in [0.15, 0.2) is 36.4 Å². The number of aryl methyl sites for hydroxylation is 2. The average molecular weight is 290 g/mol. The van der Waals surface area contributed by atoms with Gasteiger partial charge in [-0.15, -0.1) is 0 Å². The minimum absolute atomic E-state index is 0.625. The predicted molar refractivity (Wildman–Crippen MR) is 85.9 cm³/mol. The van der Waals surface area contributed by atoms with Gasteiger partial charge in [0.05, 0.1) is 11.6 Å². The van der Waals surface area contributed by atoms with Crippen molar-refractivity contribution in [1.82, 2.24) is 0 Å². The summed E-state index contributed by atoms with van der Waals surface area (Å²) in [5, 5.41) is 4.09. The number of hydrogen-bond donors (Lipinski definition) is 1. The van der Waals surface area contributed by atoms with E-state index in [1.807, 2.05) is 25.1 Å². The van der Waals surface area contributed by atoms with Gasteiger partial charge in [0.15, 0.2) is 0 Å². The minimum atomic E-state index is 0.625. The molecule has 0 radical (unpaired) electrons. The molecule has 0 amide bonds. The molecule has 2 nitrogen and oxygen atoms in total. The lowest BCUT2D eigenvalue weighted by Gasteiger charge is -2.12. The molecule has 3 heteroatoms. The fourth-order valence-corrected chi connectivity index (χ4v) is 2.39. The maximum Gasteiger partial charge on any atom is 0.137 e. The molecule has 0 aromatic heterocycles. The largest absolute Gasteiger partial charge is 0.492 e. The Morgan fingerprint density at radius 2 is 1.90 bits per heavy atom. The van der Waals surface area contributed by atoms with E-state index in [1.165, 1.54) is 11.1 Å². The molecule has 0 bridgehead atoms. The second kappa shape index (κ2) is 6.67. The van der Waals surface area contributed by atoms with E-state index in [2.05, 4.69) is 37.4 Å². The smallest absolute Gasteiger partial charge is 0.137 e. The zero-order valence-electron chi connectivity index (χ0n) is 12.2. The third-order valence-electron chi connectivity index (χ3n) is 3.16. The van der Waals surface area contributed by atoms with Crippen molar-refractivity contribution in [3.63, 3.8) is 0 Å². The highest BCUT2D eigenvalue weighted by atomic mass is 35.5. The molecule has 0 saturated heterocycles. The molecule has 0 atom stereocenters. The number of benzene rings is 2. The zero-order valence-corrected chi connectivity index (χ0v) is 12.9. The Balaban J connectivity index is 2.05. The molecule has 0 aliphatic carbocycles. The van der Waals surface area contributed by atoms with Crippen molar-refractivity contribution in [2.45, 2.75) is 27.3 Å². The van der Waals surface area contributed by atoms with Gasteiger partial charge in [0, 0.05) is 12.2 Å². The summed E-state index contributed by atoms with van der Waals surface area (Å²) in [7, 11) is 0. The first-order valence-corrected chi connectivity index (χ1v) is 7.20. The molecule has 2 aromatic carbocycles. The number of halogens is 1. The quantitative estimate of drug-likeness (QED) is 0.839. The zero-order chi connectivity index (χ0) is 14.5. The van der Waals surface area contributed by atoms with E-state index in [1.54, 1.807) is 0 Å². The average Bonchev–Trinajstić information content (AvgIpc) is 2.41. The molecular formula is C17H20ClNO. The highest BCUT2D eigenvalue weighted by Crippen LogP contribution is 2.26. The molecule has 0 heterocycles. The summed E-state index contributed by atoms with van der Waals surface area (Å²) in [6.07, 6.45) is 0. The second-order valence-electron chi connectivity index (χ2n) is 4.87. The van der Waals surface area contributed by atoms with Gasteiger partial charge in [-0.2, -0.15) is 0 Å². The van der Waals surface area contributed by atoms with Gasteiger partial charge in [0.2, 0.25) is 0 Å². The third kappa shape index (κ3) is 3.67. The summed E-state index contributed by atoms with van der Waals surface area (Å²) in [5.74, 6) is 0.740. The number of rotatable bonds is 5. The summed E-state index contributed by atoms with van der Waals surface area (Å²) in [4.78, 5) is 0. The third-order valence-corrected chi connectivity index (χ3v) is 3.46. The Morgan fingerprint density at radius 3 is 2.55 bits per heavy atom. The molecular weight excluding hydrogens is 270 g/mol. The summed E-state index contributed by atoms with van der Waals surface area (Å²) < 4.78 is 5.43. The van der Waals surface area contributed by atoms with Gasteiger partial charge >= 0.3 is 0 Å². The van der Waals surface area contributed by atoms with E-state index in [0.29, 0.717) is 11.6 Å². The first kappa shape index (κ1) is 14.7. The van der Waals surface area contributed by atoms with Gasteiger partial charge in [0.25, 0.3) is 0 Å². The van der Waals surface area contributed by atoms with Gasteiger partial charge in [-0.3, -0.25) is 0 Å². The number of nitrogens with one attached hydrogen (secondary N) is 1. The van der Waals surface area contributed by atoms with Gasteiger partial charge in [-0.1, -0.05) is 35.4 Å². The summed E-state index contributed by atoms with van der Waals surface area (Å²) in [5.41, 5.74) is 4.82. The summed E-state index contributed by atoms with van der Waals surface area (Å²) in [6.45, 7) is 7.53. The minimum Gasteiger partial charge on any atom is -0.492 e. The SMILES string of the molecule is CCOc1ccc(CNc2ccc(C)cc2C)cc1Cl. The first-order chi connectivity index (χ1) is 9.60. The normalized spacial score (nSPS) is 10.4. The highest BCUT2D eigenvalue weighted by Gasteiger charge is 2.03. The van der Waals surface area contributed by atoms with Crippen molar-refractivity contribution in [3.05, 3.63) is 58.1 Å². The topological polar surface area (TPSA) is 21.3 Å². The fourth-order valence-electron chi connectivity index (χ4n) is 2.14. The molecule has 0 fully saturated rings. The van der Waals surface area contributed by atoms with Crippen LogP contribution in [0, 0.1) is 13.8 Å². The molecule has 0 unspecified atom stereocenters. The van der Waals surface area contributed by atoms with Crippen molar-refractivity contribution in [1.29, 1.82) is 0 Å². The Kier molecular flexibility index (Phi) is 4.91. The van der Waals surface area contributed by atoms with Crippen LogP contribution in [0.25, 0.3) is 0 Å². The maximum absolute atomic E-state index is 6.19. The number of hydrogen-bond acceptors (Lipinski definition) is 2. The van der Waals surface area contributed by atoms with Crippen molar-refractivity contribution < 1.29 is 4.74 Å². The van der Waals surface area contributed by atoms with E-state index >= 15 is 0 Å². The van der Waals surface area contributed by atoms with Crippen LogP contribution < -0.4 is 10.1 Å². The molecule has 1 N–H and O–H groups in total. The number of ether oxygens (including phenoxy) is 1. The lowest BCUT2D eigenvalue weighted by Crippen LogP contribution is -2.01. The summed E-state index contributed by atoms with van der Waals surface area (Å²) >= 11 is 6.19. The first-order valence-electron chi connectivity index (χ1n) is 6.82. The maximum atomic E-state index is 6.19. The van der Waals surface area contributed by atoms with Gasteiger partial charge < -0.3 is 10.1 Å². The number of anilines is 1. The Hall–Kier alpha value is -1.67. The van der Waals surface area contributed by atoms with Gasteiger partial charge in [-0.25, -0.2) is 0 Å². The van der Waals surface area contributed by atoms with Crippen LogP contribution in [-0.4, -0.2) is 6.61 Å². The van der Waals surface area contributed by atoms with E-state index in [9.17, 15) is 0 Å². The molecule has 2 aromatic rings. The molecule has 0 saturated carbocycles. The van der Waals surface area contributed by atoms with Crippen molar-refractivity contribution >= 4 is 17.3 Å². The summed E-state index contributed by atoms with van der Waals surface area (Å²) in [6, 6.07) is 12.3. The Bertz CT molecular complexity index is 596. The van der Waals surface area contributed by atoms with Crippen LogP contribution in [-0.2, 0) is 6.54 Å². The van der Waals surface area contributed by atoms with Crippen molar-refractivity contribution in [2.24, 2.45) is 0 Å². The van der Waals surface area contributed by atoms with E-state index in [0.717, 1.165) is 23.5 Å². The van der Waals surface area contributed by atoms with Crippen LogP contribution >= 0.6 is 11.6 Å². The molecule has 106 valence electrons. The monoisotopic (exact) mass is 289 g/mol. The van der Waals surface area contributed by atoms with E-state index in [-0.39, 0.29) is 0 Å². The Labute approximate surface area is 125 Å². The fraction of sp³-hybridized carbons (Fsp3) is 0.294. The highest BCUT2D eigenvalue weighted by molar-refractivity contribution is 6.32. The van der Waals surface area contributed by atoms with Crippen LogP contribution in [0.4, 0.5) is 5.69 Å². The molecule has 0 aliphatic rings. The van der Waals surface area contributed by atoms with Crippen molar-refractivity contribution in [2.75, 3.05) is 11.9 Å². The van der Waals surface area contributed by atoms with Crippen molar-refractivity contribution in [3.8, 4) is 5.75 Å². The lowest BCUT2D eigenvalue weighted by molar-refractivity contribution is 0.340. The lowest BCUT2D eigenvalue weighted by atomic mass is 10.1. The van der Waals surface area contributed by atoms with Gasteiger partial charge in [0.1, 0.15) is 5.75 Å². The second-order valence-corrected chi connectivity index (χ2v) is 5.28. The van der Waals surface area contributed by atoms with E-state index in [4.69, 9.17) is 16.3 Å². The van der Waals surface area contributed by atoms with Crippen LogP contribution in [0.3, 0.4) is 0 Å². The molecule has 20 heavy (non-hydrogen) atoms.